The Labute approximate surface area is 242 Å². The van der Waals surface area contributed by atoms with Crippen LogP contribution in [0.5, 0.6) is 11.5 Å². The molecule has 0 saturated carbocycles. The monoisotopic (exact) mass is 559 g/mol. The largest absolute Gasteiger partial charge is 0.457 e. The molecule has 1 unspecified atom stereocenters. The molecule has 1 saturated heterocycles. The third kappa shape index (κ3) is 7.45. The van der Waals surface area contributed by atoms with Gasteiger partial charge in [-0.2, -0.15) is 0 Å². The molecule has 0 aromatic heterocycles. The summed E-state index contributed by atoms with van der Waals surface area (Å²) in [7, 11) is 3.22. The molecule has 2 amide bonds. The molecule has 8 nitrogen and oxygen atoms in total. The number of carbonyl (C=O) groups excluding carboxylic acids is 2. The molecular formula is C33H41N3O5. The number of amides is 2. The van der Waals surface area contributed by atoms with Crippen LogP contribution in [0.4, 0.5) is 4.79 Å². The zero-order chi connectivity index (χ0) is 29.2. The minimum atomic E-state index is -1.30. The highest BCUT2D eigenvalue weighted by molar-refractivity contribution is 5.94. The molecule has 0 aliphatic carbocycles. The van der Waals surface area contributed by atoms with E-state index in [2.05, 4.69) is 10.6 Å². The molecule has 1 fully saturated rings. The van der Waals surface area contributed by atoms with Gasteiger partial charge >= 0.3 is 6.09 Å². The van der Waals surface area contributed by atoms with Gasteiger partial charge < -0.3 is 30.1 Å². The van der Waals surface area contributed by atoms with Gasteiger partial charge in [-0.1, -0.05) is 48.5 Å². The van der Waals surface area contributed by atoms with E-state index >= 15 is 0 Å². The first-order chi connectivity index (χ1) is 19.9. The highest BCUT2D eigenvalue weighted by Crippen LogP contribution is 2.44. The molecule has 4 rings (SSSR count). The van der Waals surface area contributed by atoms with Crippen LogP contribution in [0.3, 0.4) is 0 Å². The summed E-state index contributed by atoms with van der Waals surface area (Å²) in [6.07, 6.45) is 1.91. The van der Waals surface area contributed by atoms with Crippen LogP contribution in [0, 0.1) is 12.8 Å². The van der Waals surface area contributed by atoms with Crippen molar-refractivity contribution in [1.29, 1.82) is 0 Å². The number of carbonyl (C=O) groups is 2. The average Bonchev–Trinajstić information content (AvgIpc) is 3.00. The normalized spacial score (nSPS) is 16.5. The molecule has 0 spiro atoms. The van der Waals surface area contributed by atoms with Gasteiger partial charge in [0.25, 0.3) is 5.91 Å². The Bertz CT molecular complexity index is 1310. The number of piperidine rings is 1. The summed E-state index contributed by atoms with van der Waals surface area (Å²) < 4.78 is 11.1. The van der Waals surface area contributed by atoms with E-state index in [4.69, 9.17) is 9.47 Å². The second kappa shape index (κ2) is 14.1. The number of nitrogens with zero attached hydrogens (tertiary/aromatic N) is 1. The van der Waals surface area contributed by atoms with Crippen molar-refractivity contribution in [2.75, 3.05) is 33.8 Å². The fourth-order valence-corrected chi connectivity index (χ4v) is 5.59. The summed E-state index contributed by atoms with van der Waals surface area (Å²) in [6, 6.07) is 23.0. The zero-order valence-corrected chi connectivity index (χ0v) is 24.2. The first kappa shape index (κ1) is 30.1. The summed E-state index contributed by atoms with van der Waals surface area (Å²) in [4.78, 5) is 27.0. The Morgan fingerprint density at radius 3 is 2.44 bits per heavy atom. The fraction of sp³-hybridized carbons (Fsp3) is 0.394. The number of nitrogens with one attached hydrogen (secondary N) is 2. The van der Waals surface area contributed by atoms with Crippen LogP contribution >= 0.6 is 0 Å². The SMILES string of the molecule is CNCc1ccc(C(=O)N2CCCC([C@](O)(CCCNC(=O)OC)c3ccccc3Oc3ccccc3C)C2)cc1. The van der Waals surface area contributed by atoms with Gasteiger partial charge in [0.1, 0.15) is 11.5 Å². The summed E-state index contributed by atoms with van der Waals surface area (Å²) in [5.74, 6) is 1.03. The molecule has 1 aliphatic rings. The Morgan fingerprint density at radius 2 is 1.73 bits per heavy atom. The van der Waals surface area contributed by atoms with E-state index in [1.165, 1.54) is 7.11 Å². The summed E-state index contributed by atoms with van der Waals surface area (Å²) in [5.41, 5.74) is 2.12. The topological polar surface area (TPSA) is 100 Å². The number of para-hydroxylation sites is 2. The minimum Gasteiger partial charge on any atom is -0.457 e. The smallest absolute Gasteiger partial charge is 0.406 e. The van der Waals surface area contributed by atoms with Crippen LogP contribution in [0.25, 0.3) is 0 Å². The van der Waals surface area contributed by atoms with E-state index in [-0.39, 0.29) is 11.8 Å². The molecule has 41 heavy (non-hydrogen) atoms. The van der Waals surface area contributed by atoms with Gasteiger partial charge in [-0.3, -0.25) is 4.79 Å². The highest BCUT2D eigenvalue weighted by atomic mass is 16.5. The summed E-state index contributed by atoms with van der Waals surface area (Å²) >= 11 is 0. The van der Waals surface area contributed by atoms with Crippen LogP contribution in [0.2, 0.25) is 0 Å². The van der Waals surface area contributed by atoms with E-state index in [1.807, 2.05) is 91.7 Å². The second-order valence-corrected chi connectivity index (χ2v) is 10.6. The third-order valence-corrected chi connectivity index (χ3v) is 7.82. The molecule has 8 heteroatoms. The lowest BCUT2D eigenvalue weighted by molar-refractivity contribution is -0.0578. The summed E-state index contributed by atoms with van der Waals surface area (Å²) in [5, 5.41) is 18.4. The first-order valence-electron chi connectivity index (χ1n) is 14.3. The van der Waals surface area contributed by atoms with Crippen molar-refractivity contribution in [2.45, 2.75) is 44.8 Å². The van der Waals surface area contributed by atoms with Gasteiger partial charge in [0, 0.05) is 43.2 Å². The first-order valence-corrected chi connectivity index (χ1v) is 14.3. The van der Waals surface area contributed by atoms with E-state index < -0.39 is 11.7 Å². The van der Waals surface area contributed by atoms with E-state index in [9.17, 15) is 14.7 Å². The number of hydrogen-bond acceptors (Lipinski definition) is 6. The van der Waals surface area contributed by atoms with E-state index in [1.54, 1.807) is 0 Å². The lowest BCUT2D eigenvalue weighted by Crippen LogP contribution is -2.48. The number of rotatable bonds is 11. The Balaban J connectivity index is 1.61. The van der Waals surface area contributed by atoms with Gasteiger partial charge in [-0.05, 0) is 75.0 Å². The number of hydrogen-bond donors (Lipinski definition) is 3. The van der Waals surface area contributed by atoms with E-state index in [0.717, 1.165) is 36.3 Å². The molecule has 218 valence electrons. The number of benzene rings is 3. The van der Waals surface area contributed by atoms with Crippen molar-refractivity contribution >= 4 is 12.0 Å². The van der Waals surface area contributed by atoms with Crippen LogP contribution in [0.15, 0.2) is 72.8 Å². The maximum absolute atomic E-state index is 13.5. The predicted molar refractivity (Wildman–Crippen MR) is 159 cm³/mol. The summed E-state index contributed by atoms with van der Waals surface area (Å²) in [6.45, 7) is 4.12. The van der Waals surface area contributed by atoms with Gasteiger partial charge in [-0.25, -0.2) is 4.79 Å². The predicted octanol–water partition coefficient (Wildman–Crippen LogP) is 5.38. The number of likely N-dealkylation sites (tertiary alicyclic amines) is 1. The molecule has 2 atom stereocenters. The van der Waals surface area contributed by atoms with Gasteiger partial charge in [0.15, 0.2) is 0 Å². The number of alkyl carbamates (subject to hydrolysis) is 1. The van der Waals surface area contributed by atoms with Crippen molar-refractivity contribution in [3.8, 4) is 11.5 Å². The fourth-order valence-electron chi connectivity index (χ4n) is 5.59. The molecule has 3 aromatic rings. The van der Waals surface area contributed by atoms with Crippen LogP contribution in [-0.2, 0) is 16.9 Å². The highest BCUT2D eigenvalue weighted by Gasteiger charge is 2.43. The molecule has 1 heterocycles. The van der Waals surface area contributed by atoms with Crippen molar-refractivity contribution < 1.29 is 24.2 Å². The van der Waals surface area contributed by atoms with Crippen LogP contribution in [0.1, 0.15) is 52.7 Å². The average molecular weight is 560 g/mol. The molecular weight excluding hydrogens is 518 g/mol. The van der Waals surface area contributed by atoms with Gasteiger partial charge in [-0.15, -0.1) is 0 Å². The second-order valence-electron chi connectivity index (χ2n) is 10.6. The van der Waals surface area contributed by atoms with Crippen LogP contribution in [-0.4, -0.2) is 55.8 Å². The molecule has 3 N–H and O–H groups in total. The van der Waals surface area contributed by atoms with Crippen molar-refractivity contribution in [1.82, 2.24) is 15.5 Å². The number of aryl methyl sites for hydroxylation is 1. The minimum absolute atomic E-state index is 0.0372. The number of methoxy groups -OCH3 is 1. The van der Waals surface area contributed by atoms with E-state index in [0.29, 0.717) is 49.4 Å². The van der Waals surface area contributed by atoms with Crippen LogP contribution < -0.4 is 15.4 Å². The Kier molecular flexibility index (Phi) is 10.4. The lowest BCUT2D eigenvalue weighted by atomic mass is 9.74. The molecule has 0 bridgehead atoms. The third-order valence-electron chi connectivity index (χ3n) is 7.82. The van der Waals surface area contributed by atoms with Gasteiger partial charge in [0.05, 0.1) is 12.7 Å². The lowest BCUT2D eigenvalue weighted by Gasteiger charge is -2.43. The van der Waals surface area contributed by atoms with Crippen molar-refractivity contribution in [2.24, 2.45) is 5.92 Å². The van der Waals surface area contributed by atoms with Gasteiger partial charge in [0.2, 0.25) is 0 Å². The Hall–Kier alpha value is -3.88. The van der Waals surface area contributed by atoms with Crippen molar-refractivity contribution in [3.63, 3.8) is 0 Å². The molecule has 0 radical (unpaired) electrons. The maximum atomic E-state index is 13.5. The zero-order valence-electron chi connectivity index (χ0n) is 24.2. The maximum Gasteiger partial charge on any atom is 0.406 e. The Morgan fingerprint density at radius 1 is 1.02 bits per heavy atom. The standard InChI is InChI=1S/C33H41N3O5/c1-24-10-4-6-13-29(24)41-30-14-7-5-12-28(30)33(39,19-9-20-35-32(38)40-3)27-11-8-21-36(23-27)31(37)26-17-15-25(16-18-26)22-34-2/h4-7,10,12-18,27,34,39H,8-9,11,19-23H2,1-3H3,(H,35,38)/t27?,33-/m1/s1. The van der Waals surface area contributed by atoms with Crippen molar-refractivity contribution in [3.05, 3.63) is 95.1 Å². The molecule has 1 aliphatic heterocycles. The quantitative estimate of drug-likeness (QED) is 0.273. The number of aliphatic hydroxyl groups is 1. The number of ether oxygens (including phenoxy) is 2. The molecule has 3 aromatic carbocycles.